The van der Waals surface area contributed by atoms with Gasteiger partial charge in [-0.25, -0.2) is 0 Å². The molecule has 2 atom stereocenters. The molecule has 2 unspecified atom stereocenters. The van der Waals surface area contributed by atoms with Gasteiger partial charge in [-0.3, -0.25) is 9.69 Å². The maximum absolute atomic E-state index is 12.6. The van der Waals surface area contributed by atoms with Crippen molar-refractivity contribution in [1.82, 2.24) is 15.5 Å². The van der Waals surface area contributed by atoms with E-state index in [1.165, 1.54) is 35.6 Å². The second kappa shape index (κ2) is 7.77. The van der Waals surface area contributed by atoms with Crippen molar-refractivity contribution in [2.75, 3.05) is 26.7 Å². The molecule has 0 radical (unpaired) electrons. The minimum absolute atomic E-state index is 0.0926. The van der Waals surface area contributed by atoms with E-state index in [9.17, 15) is 4.79 Å². The summed E-state index contributed by atoms with van der Waals surface area (Å²) in [7, 11) is 1.75. The Labute approximate surface area is 156 Å². The van der Waals surface area contributed by atoms with E-state index in [0.29, 0.717) is 6.04 Å². The number of piperazine rings is 1. The molecule has 1 heterocycles. The number of amides is 1. The summed E-state index contributed by atoms with van der Waals surface area (Å²) in [6.07, 6.45) is 4.79. The van der Waals surface area contributed by atoms with Crippen molar-refractivity contribution in [3.63, 3.8) is 0 Å². The van der Waals surface area contributed by atoms with Gasteiger partial charge in [0.25, 0.3) is 0 Å². The van der Waals surface area contributed by atoms with Gasteiger partial charge in [-0.05, 0) is 35.1 Å². The molecule has 1 saturated carbocycles. The summed E-state index contributed by atoms with van der Waals surface area (Å²) in [6.45, 7) is 2.89. The molecular formula is C22H29N3O. The molecule has 2 aliphatic rings. The van der Waals surface area contributed by atoms with Gasteiger partial charge in [-0.15, -0.1) is 0 Å². The second-order valence-corrected chi connectivity index (χ2v) is 7.84. The lowest BCUT2D eigenvalue weighted by Crippen LogP contribution is -2.58. The number of rotatable bonds is 6. The van der Waals surface area contributed by atoms with Crippen LogP contribution in [0.25, 0.3) is 10.8 Å². The predicted molar refractivity (Wildman–Crippen MR) is 106 cm³/mol. The van der Waals surface area contributed by atoms with Crippen LogP contribution in [0.1, 0.15) is 24.8 Å². The summed E-state index contributed by atoms with van der Waals surface area (Å²) in [5, 5.41) is 9.03. The van der Waals surface area contributed by atoms with E-state index in [0.717, 1.165) is 32.0 Å². The smallest absolute Gasteiger partial charge is 0.237 e. The van der Waals surface area contributed by atoms with Crippen LogP contribution in [0.15, 0.2) is 42.5 Å². The molecule has 4 rings (SSSR count). The van der Waals surface area contributed by atoms with Gasteiger partial charge in [0.1, 0.15) is 0 Å². The SMILES string of the molecule is CNC(=O)C(Cc1ccc2ccccc2c1)N1CCNC(CC2CC2)C1. The predicted octanol–water partition coefficient (Wildman–Crippen LogP) is 2.57. The lowest BCUT2D eigenvalue weighted by Gasteiger charge is -2.38. The van der Waals surface area contributed by atoms with E-state index >= 15 is 0 Å². The Morgan fingerprint density at radius 3 is 2.81 bits per heavy atom. The molecule has 4 heteroatoms. The molecule has 2 aromatic rings. The van der Waals surface area contributed by atoms with E-state index in [2.05, 4.69) is 58.0 Å². The normalized spacial score (nSPS) is 22.3. The lowest BCUT2D eigenvalue weighted by molar-refractivity contribution is -0.126. The van der Waals surface area contributed by atoms with Gasteiger partial charge in [-0.1, -0.05) is 55.3 Å². The zero-order chi connectivity index (χ0) is 17.9. The van der Waals surface area contributed by atoms with Crippen LogP contribution >= 0.6 is 0 Å². The summed E-state index contributed by atoms with van der Waals surface area (Å²) in [6, 6.07) is 15.4. The molecule has 1 aliphatic carbocycles. The third-order valence-electron chi connectivity index (χ3n) is 5.83. The van der Waals surface area contributed by atoms with Crippen LogP contribution in [-0.2, 0) is 11.2 Å². The Morgan fingerprint density at radius 1 is 1.23 bits per heavy atom. The first-order valence-electron chi connectivity index (χ1n) is 9.89. The number of hydrogen-bond acceptors (Lipinski definition) is 3. The molecule has 2 N–H and O–H groups in total. The van der Waals surface area contributed by atoms with Crippen molar-refractivity contribution in [2.45, 2.75) is 37.8 Å². The van der Waals surface area contributed by atoms with Crippen LogP contribution < -0.4 is 10.6 Å². The van der Waals surface area contributed by atoms with Crippen molar-refractivity contribution >= 4 is 16.7 Å². The van der Waals surface area contributed by atoms with Crippen LogP contribution in [0.3, 0.4) is 0 Å². The van der Waals surface area contributed by atoms with Crippen molar-refractivity contribution in [3.8, 4) is 0 Å². The number of fused-ring (bicyclic) bond motifs is 1. The first-order valence-corrected chi connectivity index (χ1v) is 9.89. The zero-order valence-electron chi connectivity index (χ0n) is 15.6. The number of nitrogens with one attached hydrogen (secondary N) is 2. The highest BCUT2D eigenvalue weighted by Crippen LogP contribution is 2.34. The quantitative estimate of drug-likeness (QED) is 0.841. The number of benzene rings is 2. The molecule has 0 aromatic heterocycles. The number of carbonyl (C=O) groups is 1. The highest BCUT2D eigenvalue weighted by Gasteiger charge is 2.33. The maximum atomic E-state index is 12.6. The lowest BCUT2D eigenvalue weighted by atomic mass is 9.98. The summed E-state index contributed by atoms with van der Waals surface area (Å²) in [4.78, 5) is 15.0. The van der Waals surface area contributed by atoms with Crippen LogP contribution in [0, 0.1) is 5.92 Å². The van der Waals surface area contributed by atoms with Crippen LogP contribution in [-0.4, -0.2) is 49.6 Å². The molecule has 2 fully saturated rings. The van der Waals surface area contributed by atoms with Crippen molar-refractivity contribution in [1.29, 1.82) is 0 Å². The minimum atomic E-state index is -0.0926. The fourth-order valence-corrected chi connectivity index (χ4v) is 4.19. The van der Waals surface area contributed by atoms with E-state index in [1.807, 2.05) is 0 Å². The van der Waals surface area contributed by atoms with E-state index in [1.54, 1.807) is 7.05 Å². The second-order valence-electron chi connectivity index (χ2n) is 7.84. The van der Waals surface area contributed by atoms with Crippen LogP contribution in [0.5, 0.6) is 0 Å². The van der Waals surface area contributed by atoms with Gasteiger partial charge in [-0.2, -0.15) is 0 Å². The van der Waals surface area contributed by atoms with Gasteiger partial charge < -0.3 is 10.6 Å². The summed E-state index contributed by atoms with van der Waals surface area (Å²) >= 11 is 0. The Hall–Kier alpha value is -1.91. The van der Waals surface area contributed by atoms with Crippen molar-refractivity contribution in [3.05, 3.63) is 48.0 Å². The fourth-order valence-electron chi connectivity index (χ4n) is 4.19. The van der Waals surface area contributed by atoms with Crippen molar-refractivity contribution in [2.24, 2.45) is 5.92 Å². The Kier molecular flexibility index (Phi) is 5.23. The molecular weight excluding hydrogens is 322 g/mol. The van der Waals surface area contributed by atoms with Gasteiger partial charge in [0.2, 0.25) is 5.91 Å². The van der Waals surface area contributed by atoms with Crippen LogP contribution in [0.4, 0.5) is 0 Å². The molecule has 2 aromatic carbocycles. The van der Waals surface area contributed by atoms with Gasteiger partial charge in [0.15, 0.2) is 0 Å². The van der Waals surface area contributed by atoms with E-state index in [-0.39, 0.29) is 11.9 Å². The number of nitrogens with zero attached hydrogens (tertiary/aromatic N) is 1. The Bertz CT molecular complexity index is 771. The summed E-state index contributed by atoms with van der Waals surface area (Å²) in [5.74, 6) is 1.04. The monoisotopic (exact) mass is 351 g/mol. The Morgan fingerprint density at radius 2 is 2.04 bits per heavy atom. The van der Waals surface area contributed by atoms with Gasteiger partial charge >= 0.3 is 0 Å². The standard InChI is InChI=1S/C22H29N3O/c1-23-22(26)21(25-11-10-24-20(15-25)13-16-6-7-16)14-17-8-9-18-4-2-3-5-19(18)12-17/h2-5,8-9,12,16,20-21,24H,6-7,10-11,13-15H2,1H3,(H,23,26). The highest BCUT2D eigenvalue weighted by atomic mass is 16.2. The van der Waals surface area contributed by atoms with Gasteiger partial charge in [0.05, 0.1) is 6.04 Å². The molecule has 0 spiro atoms. The highest BCUT2D eigenvalue weighted by molar-refractivity contribution is 5.84. The summed E-state index contributed by atoms with van der Waals surface area (Å²) < 4.78 is 0. The zero-order valence-corrected chi connectivity index (χ0v) is 15.6. The first kappa shape index (κ1) is 17.5. The van der Waals surface area contributed by atoms with Gasteiger partial charge in [0, 0.05) is 32.7 Å². The molecule has 1 saturated heterocycles. The summed E-state index contributed by atoms with van der Waals surface area (Å²) in [5.41, 5.74) is 1.23. The molecule has 1 aliphatic heterocycles. The number of hydrogen-bond donors (Lipinski definition) is 2. The first-order chi connectivity index (χ1) is 12.7. The van der Waals surface area contributed by atoms with E-state index < -0.39 is 0 Å². The van der Waals surface area contributed by atoms with Crippen LogP contribution in [0.2, 0.25) is 0 Å². The average molecular weight is 351 g/mol. The molecule has 26 heavy (non-hydrogen) atoms. The number of likely N-dealkylation sites (N-methyl/N-ethyl adjacent to an activating group) is 1. The molecule has 1 amide bonds. The average Bonchev–Trinajstić information content (AvgIpc) is 3.49. The number of carbonyl (C=O) groups excluding carboxylic acids is 1. The third-order valence-corrected chi connectivity index (χ3v) is 5.83. The minimum Gasteiger partial charge on any atom is -0.358 e. The Balaban J connectivity index is 1.50. The molecule has 4 nitrogen and oxygen atoms in total. The third kappa shape index (κ3) is 4.08. The van der Waals surface area contributed by atoms with E-state index in [4.69, 9.17) is 0 Å². The molecule has 0 bridgehead atoms. The van der Waals surface area contributed by atoms with Crippen molar-refractivity contribution < 1.29 is 4.79 Å². The maximum Gasteiger partial charge on any atom is 0.237 e. The largest absolute Gasteiger partial charge is 0.358 e. The fraction of sp³-hybridized carbons (Fsp3) is 0.500. The molecule has 138 valence electrons. The topological polar surface area (TPSA) is 44.4 Å².